The van der Waals surface area contributed by atoms with Crippen LogP contribution in [-0.2, 0) is 0 Å². The van der Waals surface area contributed by atoms with Crippen molar-refractivity contribution in [3.8, 4) is 6.07 Å². The van der Waals surface area contributed by atoms with E-state index < -0.39 is 6.04 Å². The van der Waals surface area contributed by atoms with E-state index in [1.54, 1.807) is 12.1 Å². The van der Waals surface area contributed by atoms with Crippen LogP contribution >= 0.6 is 0 Å². The lowest BCUT2D eigenvalue weighted by atomic mass is 10.1. The molecular formula is C13H13FN4. The van der Waals surface area contributed by atoms with Crippen LogP contribution in [0.1, 0.15) is 23.0 Å². The van der Waals surface area contributed by atoms with Gasteiger partial charge in [0, 0.05) is 16.9 Å². The molecule has 0 bridgehead atoms. The average Bonchev–Trinajstić information content (AvgIpc) is 2.69. The molecule has 0 saturated heterocycles. The van der Waals surface area contributed by atoms with Gasteiger partial charge in [0.25, 0.3) is 0 Å². The summed E-state index contributed by atoms with van der Waals surface area (Å²) >= 11 is 0. The van der Waals surface area contributed by atoms with Gasteiger partial charge in [0.2, 0.25) is 0 Å². The Hall–Kier alpha value is -2.35. The summed E-state index contributed by atoms with van der Waals surface area (Å²) < 4.78 is 12.8. The van der Waals surface area contributed by atoms with Gasteiger partial charge in [0.1, 0.15) is 11.9 Å². The third kappa shape index (κ3) is 2.33. The maximum atomic E-state index is 12.8. The lowest BCUT2D eigenvalue weighted by Gasteiger charge is -2.13. The number of nitriles is 1. The van der Waals surface area contributed by atoms with E-state index in [2.05, 4.69) is 21.6 Å². The van der Waals surface area contributed by atoms with E-state index in [1.807, 2.05) is 13.8 Å². The van der Waals surface area contributed by atoms with Crippen LogP contribution in [0, 0.1) is 31.0 Å². The molecule has 0 radical (unpaired) electrons. The van der Waals surface area contributed by atoms with Crippen LogP contribution in [0.2, 0.25) is 0 Å². The van der Waals surface area contributed by atoms with Crippen molar-refractivity contribution in [1.82, 2.24) is 10.2 Å². The van der Waals surface area contributed by atoms with E-state index in [-0.39, 0.29) is 5.82 Å². The quantitative estimate of drug-likeness (QED) is 0.872. The van der Waals surface area contributed by atoms with Gasteiger partial charge in [-0.3, -0.25) is 5.10 Å². The number of H-pyrrole nitrogens is 1. The Morgan fingerprint density at radius 3 is 2.50 bits per heavy atom. The Morgan fingerprint density at radius 1 is 1.33 bits per heavy atom. The molecular weight excluding hydrogens is 231 g/mol. The molecule has 0 aliphatic rings. The van der Waals surface area contributed by atoms with Crippen molar-refractivity contribution >= 4 is 5.69 Å². The largest absolute Gasteiger partial charge is 0.366 e. The number of anilines is 1. The minimum absolute atomic E-state index is 0.301. The van der Waals surface area contributed by atoms with Gasteiger partial charge < -0.3 is 5.32 Å². The van der Waals surface area contributed by atoms with Gasteiger partial charge in [-0.1, -0.05) is 0 Å². The van der Waals surface area contributed by atoms with E-state index in [1.165, 1.54) is 12.1 Å². The molecule has 1 unspecified atom stereocenters. The summed E-state index contributed by atoms with van der Waals surface area (Å²) in [4.78, 5) is 0. The van der Waals surface area contributed by atoms with Crippen LogP contribution in [0.4, 0.5) is 10.1 Å². The van der Waals surface area contributed by atoms with Gasteiger partial charge in [-0.25, -0.2) is 4.39 Å². The molecule has 0 fully saturated rings. The topological polar surface area (TPSA) is 64.5 Å². The van der Waals surface area contributed by atoms with Crippen molar-refractivity contribution in [3.05, 3.63) is 47.0 Å². The summed E-state index contributed by atoms with van der Waals surface area (Å²) in [5.74, 6) is -0.301. The SMILES string of the molecule is Cc1n[nH]c(C)c1C(C#N)Nc1ccc(F)cc1. The standard InChI is InChI=1S/C13H13FN4/c1-8-13(9(2)18-17-8)12(7-15)16-11-5-3-10(14)4-6-11/h3-6,12,16H,1-2H3,(H,17,18). The maximum Gasteiger partial charge on any atom is 0.143 e. The number of aromatic nitrogens is 2. The first-order valence-electron chi connectivity index (χ1n) is 5.55. The zero-order valence-corrected chi connectivity index (χ0v) is 10.2. The second-order valence-corrected chi connectivity index (χ2v) is 4.06. The smallest absolute Gasteiger partial charge is 0.143 e. The third-order valence-corrected chi connectivity index (χ3v) is 2.76. The zero-order valence-electron chi connectivity index (χ0n) is 10.2. The van der Waals surface area contributed by atoms with Gasteiger partial charge in [-0.15, -0.1) is 0 Å². The van der Waals surface area contributed by atoms with E-state index in [4.69, 9.17) is 0 Å². The molecule has 92 valence electrons. The molecule has 1 atom stereocenters. The predicted molar refractivity (Wildman–Crippen MR) is 66.4 cm³/mol. The fraction of sp³-hybridized carbons (Fsp3) is 0.231. The van der Waals surface area contributed by atoms with Crippen molar-refractivity contribution in [2.24, 2.45) is 0 Å². The van der Waals surface area contributed by atoms with E-state index >= 15 is 0 Å². The number of hydrogen-bond donors (Lipinski definition) is 2. The van der Waals surface area contributed by atoms with Crippen LogP contribution in [0.5, 0.6) is 0 Å². The summed E-state index contributed by atoms with van der Waals surface area (Å²) in [7, 11) is 0. The van der Waals surface area contributed by atoms with Crippen molar-refractivity contribution in [1.29, 1.82) is 5.26 Å². The molecule has 4 nitrogen and oxygen atoms in total. The minimum Gasteiger partial charge on any atom is -0.366 e. The summed E-state index contributed by atoms with van der Waals surface area (Å²) in [5, 5.41) is 19.2. The Balaban J connectivity index is 2.26. The highest BCUT2D eigenvalue weighted by molar-refractivity contribution is 5.48. The normalized spacial score (nSPS) is 11.9. The monoisotopic (exact) mass is 244 g/mol. The van der Waals surface area contributed by atoms with Crippen molar-refractivity contribution in [2.75, 3.05) is 5.32 Å². The first-order valence-corrected chi connectivity index (χ1v) is 5.55. The van der Waals surface area contributed by atoms with E-state index in [0.29, 0.717) is 5.69 Å². The Bertz CT molecular complexity index is 561. The Labute approximate surface area is 104 Å². The summed E-state index contributed by atoms with van der Waals surface area (Å²) in [6.07, 6.45) is 0. The molecule has 2 rings (SSSR count). The van der Waals surface area contributed by atoms with Crippen LogP contribution in [0.25, 0.3) is 0 Å². The number of nitrogens with zero attached hydrogens (tertiary/aromatic N) is 2. The fourth-order valence-corrected chi connectivity index (χ4v) is 1.87. The first kappa shape index (κ1) is 12.1. The molecule has 1 aromatic heterocycles. The van der Waals surface area contributed by atoms with Gasteiger partial charge in [0.15, 0.2) is 0 Å². The van der Waals surface area contributed by atoms with Gasteiger partial charge in [-0.2, -0.15) is 10.4 Å². The fourth-order valence-electron chi connectivity index (χ4n) is 1.87. The summed E-state index contributed by atoms with van der Waals surface area (Å²) in [6, 6.07) is 7.59. The maximum absolute atomic E-state index is 12.8. The Kier molecular flexibility index (Phi) is 3.28. The van der Waals surface area contributed by atoms with Gasteiger partial charge in [0.05, 0.1) is 11.8 Å². The minimum atomic E-state index is -0.505. The lowest BCUT2D eigenvalue weighted by molar-refractivity contribution is 0.628. The lowest BCUT2D eigenvalue weighted by Crippen LogP contribution is -2.10. The molecule has 5 heteroatoms. The summed E-state index contributed by atoms with van der Waals surface area (Å²) in [5.41, 5.74) is 3.17. The van der Waals surface area contributed by atoms with Crippen LogP contribution < -0.4 is 5.32 Å². The number of hydrogen-bond acceptors (Lipinski definition) is 3. The number of benzene rings is 1. The average molecular weight is 244 g/mol. The molecule has 0 spiro atoms. The molecule has 0 aliphatic carbocycles. The molecule has 18 heavy (non-hydrogen) atoms. The van der Waals surface area contributed by atoms with E-state index in [0.717, 1.165) is 17.0 Å². The zero-order chi connectivity index (χ0) is 13.1. The highest BCUT2D eigenvalue weighted by atomic mass is 19.1. The molecule has 1 heterocycles. The molecule has 1 aromatic carbocycles. The number of halogens is 1. The molecule has 2 N–H and O–H groups in total. The van der Waals surface area contributed by atoms with E-state index in [9.17, 15) is 9.65 Å². The predicted octanol–water partition coefficient (Wildman–Crippen LogP) is 2.84. The van der Waals surface area contributed by atoms with Crippen molar-refractivity contribution in [2.45, 2.75) is 19.9 Å². The third-order valence-electron chi connectivity index (χ3n) is 2.76. The number of rotatable bonds is 3. The summed E-state index contributed by atoms with van der Waals surface area (Å²) in [6.45, 7) is 3.71. The highest BCUT2D eigenvalue weighted by Crippen LogP contribution is 2.23. The van der Waals surface area contributed by atoms with Gasteiger partial charge >= 0.3 is 0 Å². The number of nitrogens with one attached hydrogen (secondary N) is 2. The molecule has 2 aromatic rings. The molecule has 0 amide bonds. The molecule has 0 aliphatic heterocycles. The second kappa shape index (κ2) is 4.88. The van der Waals surface area contributed by atoms with Gasteiger partial charge in [-0.05, 0) is 38.1 Å². The highest BCUT2D eigenvalue weighted by Gasteiger charge is 2.18. The molecule has 0 saturated carbocycles. The number of aromatic amines is 1. The number of aryl methyl sites for hydroxylation is 2. The van der Waals surface area contributed by atoms with Crippen LogP contribution in [-0.4, -0.2) is 10.2 Å². The Morgan fingerprint density at radius 2 is 2.00 bits per heavy atom. The van der Waals surface area contributed by atoms with Crippen LogP contribution in [0.15, 0.2) is 24.3 Å². The van der Waals surface area contributed by atoms with Crippen molar-refractivity contribution in [3.63, 3.8) is 0 Å². The van der Waals surface area contributed by atoms with Crippen molar-refractivity contribution < 1.29 is 4.39 Å². The van der Waals surface area contributed by atoms with Crippen LogP contribution in [0.3, 0.4) is 0 Å². The second-order valence-electron chi connectivity index (χ2n) is 4.06. The first-order chi connectivity index (χ1) is 8.61.